The first-order chi connectivity index (χ1) is 6.56. The maximum atomic E-state index is 11.5. The zero-order chi connectivity index (χ0) is 10.7. The molecule has 1 aromatic rings. The summed E-state index contributed by atoms with van der Waals surface area (Å²) in [6.07, 6.45) is 0.764. The van der Waals surface area contributed by atoms with E-state index in [2.05, 4.69) is 0 Å². The Morgan fingerprint density at radius 1 is 1.57 bits per heavy atom. The van der Waals surface area contributed by atoms with Crippen LogP contribution in [0.15, 0.2) is 18.2 Å². The van der Waals surface area contributed by atoms with Crippen molar-refractivity contribution in [2.75, 3.05) is 0 Å². The fourth-order valence-corrected chi connectivity index (χ4v) is 1.77. The molecule has 2 nitrogen and oxygen atoms in total. The number of ketones is 1. The molecule has 0 bridgehead atoms. The second kappa shape index (κ2) is 4.89. The van der Waals surface area contributed by atoms with Gasteiger partial charge in [0.2, 0.25) is 0 Å². The average molecular weight is 323 g/mol. The highest BCUT2D eigenvalue weighted by Crippen LogP contribution is 2.15. The molecule has 0 aromatic heterocycles. The lowest BCUT2D eigenvalue weighted by molar-refractivity contribution is 0.0991. The van der Waals surface area contributed by atoms with E-state index in [1.54, 1.807) is 25.1 Å². The molecular weight excluding hydrogens is 314 g/mol. The van der Waals surface area contributed by atoms with Crippen LogP contribution in [0.5, 0.6) is 0 Å². The molecule has 0 spiro atoms. The van der Waals surface area contributed by atoms with Gasteiger partial charge < -0.3 is 0 Å². The molecule has 4 heteroatoms. The van der Waals surface area contributed by atoms with Gasteiger partial charge in [0.15, 0.2) is 12.1 Å². The van der Waals surface area contributed by atoms with Gasteiger partial charge in [0.1, 0.15) is 0 Å². The predicted molar refractivity (Wildman–Crippen MR) is 64.2 cm³/mol. The van der Waals surface area contributed by atoms with Crippen LogP contribution in [0.4, 0.5) is 0 Å². The molecule has 0 aliphatic heterocycles. The standard InChI is InChI=1S/C10H8ClIO2/c1-6(11)10(14)7-2-3-8(5-13)9(12)4-7/h2-6H,1H3. The highest BCUT2D eigenvalue weighted by Gasteiger charge is 2.13. The Morgan fingerprint density at radius 2 is 2.21 bits per heavy atom. The number of carbonyl (C=O) groups is 2. The number of hydrogen-bond donors (Lipinski definition) is 0. The summed E-state index contributed by atoms with van der Waals surface area (Å²) in [6, 6.07) is 4.92. The highest BCUT2D eigenvalue weighted by atomic mass is 127. The largest absolute Gasteiger partial charge is 0.298 e. The Labute approximate surface area is 101 Å². The van der Waals surface area contributed by atoms with E-state index in [1.807, 2.05) is 22.6 Å². The van der Waals surface area contributed by atoms with Gasteiger partial charge in [-0.3, -0.25) is 9.59 Å². The maximum Gasteiger partial charge on any atom is 0.180 e. The van der Waals surface area contributed by atoms with E-state index in [0.29, 0.717) is 11.1 Å². The van der Waals surface area contributed by atoms with Crippen LogP contribution in [0.1, 0.15) is 27.6 Å². The van der Waals surface area contributed by atoms with Crippen molar-refractivity contribution in [2.45, 2.75) is 12.3 Å². The fraction of sp³-hybridized carbons (Fsp3) is 0.200. The van der Waals surface area contributed by atoms with Crippen LogP contribution in [0.25, 0.3) is 0 Å². The maximum absolute atomic E-state index is 11.5. The van der Waals surface area contributed by atoms with Crippen LogP contribution >= 0.6 is 34.2 Å². The molecule has 1 rings (SSSR count). The molecule has 0 saturated heterocycles. The second-order valence-electron chi connectivity index (χ2n) is 2.83. The van der Waals surface area contributed by atoms with E-state index in [0.717, 1.165) is 9.86 Å². The van der Waals surface area contributed by atoms with Crippen LogP contribution in [-0.4, -0.2) is 17.4 Å². The normalized spacial score (nSPS) is 12.2. The molecule has 14 heavy (non-hydrogen) atoms. The summed E-state index contributed by atoms with van der Waals surface area (Å²) in [5, 5.41) is -0.534. The molecule has 0 fully saturated rings. The van der Waals surface area contributed by atoms with Gasteiger partial charge in [0.25, 0.3) is 0 Å². The third kappa shape index (κ3) is 2.54. The van der Waals surface area contributed by atoms with Crippen molar-refractivity contribution < 1.29 is 9.59 Å². The van der Waals surface area contributed by atoms with Gasteiger partial charge in [-0.1, -0.05) is 6.07 Å². The Hall–Kier alpha value is -0.420. The molecule has 1 atom stereocenters. The number of hydrogen-bond acceptors (Lipinski definition) is 2. The van der Waals surface area contributed by atoms with Crippen LogP contribution in [0, 0.1) is 3.57 Å². The van der Waals surface area contributed by atoms with Gasteiger partial charge in [0, 0.05) is 14.7 Å². The topological polar surface area (TPSA) is 34.1 Å². The number of benzene rings is 1. The van der Waals surface area contributed by atoms with Crippen LogP contribution in [0.3, 0.4) is 0 Å². The lowest BCUT2D eigenvalue weighted by Crippen LogP contribution is -2.10. The summed E-state index contributed by atoms with van der Waals surface area (Å²) in [7, 11) is 0. The molecule has 1 aromatic carbocycles. The second-order valence-corrected chi connectivity index (χ2v) is 4.65. The average Bonchev–Trinajstić information content (AvgIpc) is 2.16. The van der Waals surface area contributed by atoms with E-state index >= 15 is 0 Å². The predicted octanol–water partition coefficient (Wildman–Crippen LogP) is 2.91. The number of carbonyl (C=O) groups excluding carboxylic acids is 2. The van der Waals surface area contributed by atoms with Crippen LogP contribution in [-0.2, 0) is 0 Å². The van der Waals surface area contributed by atoms with Gasteiger partial charge in [-0.05, 0) is 41.6 Å². The minimum Gasteiger partial charge on any atom is -0.298 e. The van der Waals surface area contributed by atoms with Crippen molar-refractivity contribution in [2.24, 2.45) is 0 Å². The first-order valence-electron chi connectivity index (χ1n) is 3.99. The van der Waals surface area contributed by atoms with Gasteiger partial charge in [0.05, 0.1) is 5.38 Å². The molecule has 0 aliphatic rings. The van der Waals surface area contributed by atoms with Crippen molar-refractivity contribution >= 4 is 46.3 Å². The summed E-state index contributed by atoms with van der Waals surface area (Å²) in [6.45, 7) is 1.63. The van der Waals surface area contributed by atoms with E-state index < -0.39 is 5.38 Å². The van der Waals surface area contributed by atoms with E-state index in [-0.39, 0.29) is 5.78 Å². The molecule has 74 valence electrons. The Balaban J connectivity index is 3.08. The summed E-state index contributed by atoms with van der Waals surface area (Å²) in [4.78, 5) is 22.0. The minimum absolute atomic E-state index is 0.123. The lowest BCUT2D eigenvalue weighted by Gasteiger charge is -2.04. The number of Topliss-reactive ketones (excluding diaryl/α,β-unsaturated/α-hetero) is 1. The Morgan fingerprint density at radius 3 is 2.64 bits per heavy atom. The first-order valence-corrected chi connectivity index (χ1v) is 5.50. The molecular formula is C10H8ClIO2. The summed E-state index contributed by atoms with van der Waals surface area (Å²) in [5.41, 5.74) is 1.13. The van der Waals surface area contributed by atoms with E-state index in [1.165, 1.54) is 0 Å². The third-order valence-electron chi connectivity index (χ3n) is 1.77. The number of aldehydes is 1. The van der Waals surface area contributed by atoms with Crippen molar-refractivity contribution in [3.8, 4) is 0 Å². The van der Waals surface area contributed by atoms with Crippen molar-refractivity contribution in [3.63, 3.8) is 0 Å². The molecule has 1 unspecified atom stereocenters. The molecule has 0 heterocycles. The zero-order valence-electron chi connectivity index (χ0n) is 7.46. The monoisotopic (exact) mass is 322 g/mol. The summed E-state index contributed by atoms with van der Waals surface area (Å²) < 4.78 is 0.765. The van der Waals surface area contributed by atoms with Crippen molar-refractivity contribution in [1.29, 1.82) is 0 Å². The smallest absolute Gasteiger partial charge is 0.180 e. The molecule has 0 radical (unpaired) electrons. The fourth-order valence-electron chi connectivity index (χ4n) is 1.01. The first kappa shape index (κ1) is 11.7. The molecule has 0 N–H and O–H groups in total. The number of rotatable bonds is 3. The highest BCUT2D eigenvalue weighted by molar-refractivity contribution is 14.1. The SMILES string of the molecule is CC(Cl)C(=O)c1ccc(C=O)c(I)c1. The van der Waals surface area contributed by atoms with Crippen LogP contribution in [0.2, 0.25) is 0 Å². The van der Waals surface area contributed by atoms with E-state index in [4.69, 9.17) is 11.6 Å². The molecule has 0 aliphatic carbocycles. The van der Waals surface area contributed by atoms with Gasteiger partial charge in [-0.15, -0.1) is 11.6 Å². The molecule has 0 saturated carbocycles. The summed E-state index contributed by atoms with van der Waals surface area (Å²) in [5.74, 6) is -0.123. The van der Waals surface area contributed by atoms with E-state index in [9.17, 15) is 9.59 Å². The van der Waals surface area contributed by atoms with Gasteiger partial charge in [-0.2, -0.15) is 0 Å². The van der Waals surface area contributed by atoms with Gasteiger partial charge >= 0.3 is 0 Å². The molecule has 0 amide bonds. The lowest BCUT2D eigenvalue weighted by atomic mass is 10.1. The summed E-state index contributed by atoms with van der Waals surface area (Å²) >= 11 is 7.68. The number of halogens is 2. The van der Waals surface area contributed by atoms with Crippen LogP contribution < -0.4 is 0 Å². The Bertz CT molecular complexity index is 374. The Kier molecular flexibility index (Phi) is 4.07. The van der Waals surface area contributed by atoms with Gasteiger partial charge in [-0.25, -0.2) is 0 Å². The number of alkyl halides is 1. The zero-order valence-corrected chi connectivity index (χ0v) is 10.4. The van der Waals surface area contributed by atoms with Crippen molar-refractivity contribution in [3.05, 3.63) is 32.9 Å². The third-order valence-corrected chi connectivity index (χ3v) is 2.91. The quantitative estimate of drug-likeness (QED) is 0.371. The minimum atomic E-state index is -0.534. The van der Waals surface area contributed by atoms with Crippen molar-refractivity contribution in [1.82, 2.24) is 0 Å².